The van der Waals surface area contributed by atoms with Crippen LogP contribution in [0.15, 0.2) is 91.0 Å². The number of esters is 1. The van der Waals surface area contributed by atoms with Crippen molar-refractivity contribution in [2.24, 2.45) is 0 Å². The van der Waals surface area contributed by atoms with Crippen LogP contribution in [0, 0.1) is 6.92 Å². The molecule has 0 bridgehead atoms. The Morgan fingerprint density at radius 1 is 0.744 bits per heavy atom. The number of aromatic nitrogens is 2. The zero-order valence-corrected chi connectivity index (χ0v) is 24.5. The number of nitrogens with one attached hydrogen (secondary N) is 1. The summed E-state index contributed by atoms with van der Waals surface area (Å²) in [4.78, 5) is 25.3. The highest BCUT2D eigenvalue weighted by Gasteiger charge is 2.25. The van der Waals surface area contributed by atoms with Crippen molar-refractivity contribution < 1.29 is 28.5 Å². The number of hydrogen-bond donors (Lipinski definition) is 1. The SMILES string of the molecule is COc1cccc(C(=O)Nc2ccc(-c3c(-c4cc(OC)cc(OC)c4)nn(-c4ccc(C)cc4)c3OC(C)=O)cc2)c1. The lowest BCUT2D eigenvalue weighted by Gasteiger charge is -2.11. The van der Waals surface area contributed by atoms with Crippen molar-refractivity contribution in [3.05, 3.63) is 102 Å². The molecule has 9 nitrogen and oxygen atoms in total. The summed E-state index contributed by atoms with van der Waals surface area (Å²) in [6, 6.07) is 27.4. The van der Waals surface area contributed by atoms with Gasteiger partial charge in [-0.25, -0.2) is 0 Å². The van der Waals surface area contributed by atoms with Crippen molar-refractivity contribution in [3.8, 4) is 51.2 Å². The number of benzene rings is 4. The summed E-state index contributed by atoms with van der Waals surface area (Å²) >= 11 is 0. The van der Waals surface area contributed by atoms with Crippen molar-refractivity contribution in [2.45, 2.75) is 13.8 Å². The van der Waals surface area contributed by atoms with Crippen LogP contribution in [0.2, 0.25) is 0 Å². The molecule has 0 unspecified atom stereocenters. The number of amides is 1. The largest absolute Gasteiger partial charge is 0.497 e. The fourth-order valence-electron chi connectivity index (χ4n) is 4.59. The van der Waals surface area contributed by atoms with Crippen molar-refractivity contribution in [2.75, 3.05) is 26.6 Å². The number of carbonyl (C=O) groups excluding carboxylic acids is 2. The lowest BCUT2D eigenvalue weighted by atomic mass is 10.0. The molecule has 4 aromatic carbocycles. The summed E-state index contributed by atoms with van der Waals surface area (Å²) in [5, 5.41) is 7.85. The van der Waals surface area contributed by atoms with Gasteiger partial charge in [-0.1, -0.05) is 35.9 Å². The highest BCUT2D eigenvalue weighted by Crippen LogP contribution is 2.43. The molecule has 0 saturated heterocycles. The van der Waals surface area contributed by atoms with Gasteiger partial charge in [0, 0.05) is 29.8 Å². The van der Waals surface area contributed by atoms with Crippen LogP contribution >= 0.6 is 0 Å². The van der Waals surface area contributed by atoms with E-state index in [1.807, 2.05) is 55.5 Å². The van der Waals surface area contributed by atoms with Gasteiger partial charge in [0.2, 0.25) is 5.88 Å². The maximum absolute atomic E-state index is 12.9. The third kappa shape index (κ3) is 6.36. The van der Waals surface area contributed by atoms with Crippen molar-refractivity contribution in [1.82, 2.24) is 9.78 Å². The molecule has 0 aliphatic carbocycles. The van der Waals surface area contributed by atoms with E-state index in [-0.39, 0.29) is 11.8 Å². The van der Waals surface area contributed by atoms with Crippen molar-refractivity contribution in [3.63, 3.8) is 0 Å². The molecule has 1 N–H and O–H groups in total. The monoisotopic (exact) mass is 577 g/mol. The lowest BCUT2D eigenvalue weighted by Crippen LogP contribution is -2.11. The number of nitrogens with zero attached hydrogens (tertiary/aromatic N) is 2. The molecule has 0 spiro atoms. The molecular weight excluding hydrogens is 546 g/mol. The van der Waals surface area contributed by atoms with Gasteiger partial charge in [-0.05, 0) is 67.1 Å². The van der Waals surface area contributed by atoms with Gasteiger partial charge in [-0.15, -0.1) is 0 Å². The minimum absolute atomic E-state index is 0.251. The van der Waals surface area contributed by atoms with Crippen LogP contribution in [0.25, 0.3) is 28.1 Å². The Bertz CT molecular complexity index is 1750. The average molecular weight is 578 g/mol. The van der Waals surface area contributed by atoms with Crippen LogP contribution in [0.3, 0.4) is 0 Å². The molecule has 0 radical (unpaired) electrons. The summed E-state index contributed by atoms with van der Waals surface area (Å²) in [5.41, 5.74) is 5.38. The minimum Gasteiger partial charge on any atom is -0.497 e. The smallest absolute Gasteiger partial charge is 0.309 e. The molecule has 5 rings (SSSR count). The summed E-state index contributed by atoms with van der Waals surface area (Å²) in [7, 11) is 4.71. The van der Waals surface area contributed by atoms with E-state index in [2.05, 4.69) is 5.32 Å². The number of aryl methyl sites for hydroxylation is 1. The Morgan fingerprint density at radius 3 is 2.00 bits per heavy atom. The number of ether oxygens (including phenoxy) is 4. The van der Waals surface area contributed by atoms with E-state index in [0.717, 1.165) is 5.56 Å². The second-order valence-corrected chi connectivity index (χ2v) is 9.73. The molecule has 9 heteroatoms. The normalized spacial score (nSPS) is 10.6. The second kappa shape index (κ2) is 12.5. The van der Waals surface area contributed by atoms with E-state index in [0.29, 0.717) is 56.6 Å². The standard InChI is InChI=1S/C34H31N3O6/c1-21-9-15-27(16-10-21)37-34(43-22(2)38)31(32(36-37)25-18-29(41-4)20-30(19-25)42-5)23-11-13-26(14-12-23)35-33(39)24-7-6-8-28(17-24)40-3/h6-20H,1-5H3,(H,35,39). The van der Waals surface area contributed by atoms with Gasteiger partial charge < -0.3 is 24.3 Å². The van der Waals surface area contributed by atoms with Crippen LogP contribution in [-0.4, -0.2) is 43.0 Å². The number of rotatable bonds is 9. The highest BCUT2D eigenvalue weighted by atomic mass is 16.5. The van der Waals surface area contributed by atoms with Crippen molar-refractivity contribution in [1.29, 1.82) is 0 Å². The quantitative estimate of drug-likeness (QED) is 0.194. The van der Waals surface area contributed by atoms with Gasteiger partial charge in [0.15, 0.2) is 0 Å². The summed E-state index contributed by atoms with van der Waals surface area (Å²) in [5.74, 6) is 1.23. The molecule has 1 amide bonds. The summed E-state index contributed by atoms with van der Waals surface area (Å²) in [6.07, 6.45) is 0. The fraction of sp³-hybridized carbons (Fsp3) is 0.147. The van der Waals surface area contributed by atoms with Crippen LogP contribution in [0.4, 0.5) is 5.69 Å². The number of methoxy groups -OCH3 is 3. The highest BCUT2D eigenvalue weighted by molar-refractivity contribution is 6.04. The number of anilines is 1. The predicted molar refractivity (Wildman–Crippen MR) is 165 cm³/mol. The zero-order chi connectivity index (χ0) is 30.5. The van der Waals surface area contributed by atoms with E-state index in [1.165, 1.54) is 6.92 Å². The van der Waals surface area contributed by atoms with E-state index in [1.54, 1.807) is 68.5 Å². The average Bonchev–Trinajstić information content (AvgIpc) is 3.39. The van der Waals surface area contributed by atoms with Gasteiger partial charge in [-0.2, -0.15) is 9.78 Å². The Kier molecular flexibility index (Phi) is 8.43. The molecule has 0 saturated carbocycles. The molecule has 5 aromatic rings. The molecular formula is C34H31N3O6. The number of hydrogen-bond acceptors (Lipinski definition) is 7. The molecule has 0 aliphatic heterocycles. The maximum Gasteiger partial charge on any atom is 0.309 e. The van der Waals surface area contributed by atoms with Gasteiger partial charge in [-0.3, -0.25) is 9.59 Å². The zero-order valence-electron chi connectivity index (χ0n) is 24.5. The van der Waals surface area contributed by atoms with Gasteiger partial charge >= 0.3 is 5.97 Å². The van der Waals surface area contributed by atoms with Gasteiger partial charge in [0.1, 0.15) is 22.9 Å². The Labute approximate surface area is 249 Å². The predicted octanol–water partition coefficient (Wildman–Crippen LogP) is 6.72. The van der Waals surface area contributed by atoms with Gasteiger partial charge in [0.05, 0.1) is 32.6 Å². The fourth-order valence-corrected chi connectivity index (χ4v) is 4.59. The molecule has 0 fully saturated rings. The third-order valence-corrected chi connectivity index (χ3v) is 6.75. The number of carbonyl (C=O) groups is 2. The maximum atomic E-state index is 12.9. The summed E-state index contributed by atoms with van der Waals surface area (Å²) < 4.78 is 23.7. The third-order valence-electron chi connectivity index (χ3n) is 6.75. The van der Waals surface area contributed by atoms with E-state index < -0.39 is 5.97 Å². The molecule has 218 valence electrons. The first-order valence-corrected chi connectivity index (χ1v) is 13.5. The second-order valence-electron chi connectivity index (χ2n) is 9.73. The summed E-state index contributed by atoms with van der Waals surface area (Å²) in [6.45, 7) is 3.34. The van der Waals surface area contributed by atoms with Crippen LogP contribution < -0.4 is 24.3 Å². The van der Waals surface area contributed by atoms with Crippen LogP contribution in [0.5, 0.6) is 23.1 Å². The van der Waals surface area contributed by atoms with Gasteiger partial charge in [0.25, 0.3) is 5.91 Å². The minimum atomic E-state index is -0.494. The van der Waals surface area contributed by atoms with Crippen molar-refractivity contribution >= 4 is 17.6 Å². The van der Waals surface area contributed by atoms with E-state index in [4.69, 9.17) is 24.0 Å². The molecule has 1 aromatic heterocycles. The Hall–Kier alpha value is -5.57. The Balaban J connectivity index is 1.63. The van der Waals surface area contributed by atoms with E-state index >= 15 is 0 Å². The lowest BCUT2D eigenvalue weighted by molar-refractivity contribution is -0.132. The molecule has 43 heavy (non-hydrogen) atoms. The first-order valence-electron chi connectivity index (χ1n) is 13.5. The van der Waals surface area contributed by atoms with Crippen LogP contribution in [-0.2, 0) is 4.79 Å². The Morgan fingerprint density at radius 2 is 1.40 bits per heavy atom. The first-order chi connectivity index (χ1) is 20.8. The topological polar surface area (TPSA) is 101 Å². The molecule has 0 atom stereocenters. The molecule has 1 heterocycles. The van der Waals surface area contributed by atoms with Crippen LogP contribution in [0.1, 0.15) is 22.8 Å². The first kappa shape index (κ1) is 28.9. The van der Waals surface area contributed by atoms with E-state index in [9.17, 15) is 9.59 Å². The molecule has 0 aliphatic rings.